The number of thioether (sulfide) groups is 1. The number of carbonyl (C=O) groups is 2. The van der Waals surface area contributed by atoms with Crippen molar-refractivity contribution in [2.45, 2.75) is 30.6 Å². The largest absolute Gasteiger partial charge is 0.339 e. The fourth-order valence-electron chi connectivity index (χ4n) is 3.93. The molecule has 0 saturated carbocycles. The zero-order valence-electron chi connectivity index (χ0n) is 17.8. The van der Waals surface area contributed by atoms with Crippen molar-refractivity contribution in [3.63, 3.8) is 0 Å². The summed E-state index contributed by atoms with van der Waals surface area (Å²) in [5.74, 6) is 1.06. The maximum Gasteiger partial charge on any atom is 0.267 e. The summed E-state index contributed by atoms with van der Waals surface area (Å²) in [6.07, 6.45) is 4.38. The third kappa shape index (κ3) is 5.19. The zero-order chi connectivity index (χ0) is 22.6. The van der Waals surface area contributed by atoms with Gasteiger partial charge in [0.25, 0.3) is 11.8 Å². The highest BCUT2D eigenvalue weighted by atomic mass is 32.2. The highest BCUT2D eigenvalue weighted by Crippen LogP contribution is 2.28. The molecule has 32 heavy (non-hydrogen) atoms. The Kier molecular flexibility index (Phi) is 7.55. The molecule has 0 atom stereocenters. The van der Waals surface area contributed by atoms with Crippen LogP contribution in [0.4, 0.5) is 5.69 Å². The standard InChI is InChI=1S/C22H27N3O4S3/c26-21(20-19(9-14-31-20)32(28,29)25-12-15-30-16-13-25)23-18-7-5-17(6-8-18)22(27)24-10-3-1-2-4-11-24/h5-9,14H,1-4,10-13,15-16H2,(H,23,26). The average Bonchev–Trinajstić information content (AvgIpc) is 3.17. The number of nitrogens with zero attached hydrogens (tertiary/aromatic N) is 2. The molecule has 2 aliphatic heterocycles. The van der Waals surface area contributed by atoms with Gasteiger partial charge in [-0.1, -0.05) is 12.8 Å². The number of benzene rings is 1. The summed E-state index contributed by atoms with van der Waals surface area (Å²) in [5.41, 5.74) is 1.11. The van der Waals surface area contributed by atoms with Crippen LogP contribution in [0.3, 0.4) is 0 Å². The van der Waals surface area contributed by atoms with E-state index in [0.717, 1.165) is 61.6 Å². The van der Waals surface area contributed by atoms with E-state index in [9.17, 15) is 18.0 Å². The lowest BCUT2D eigenvalue weighted by molar-refractivity contribution is 0.0761. The van der Waals surface area contributed by atoms with Crippen molar-refractivity contribution in [1.29, 1.82) is 0 Å². The predicted molar refractivity (Wildman–Crippen MR) is 129 cm³/mol. The minimum atomic E-state index is -3.70. The van der Waals surface area contributed by atoms with E-state index in [0.29, 0.717) is 24.3 Å². The summed E-state index contributed by atoms with van der Waals surface area (Å²) in [6, 6.07) is 8.29. The van der Waals surface area contributed by atoms with E-state index in [1.807, 2.05) is 4.90 Å². The van der Waals surface area contributed by atoms with Crippen LogP contribution in [0.2, 0.25) is 0 Å². The van der Waals surface area contributed by atoms with Gasteiger partial charge < -0.3 is 10.2 Å². The number of hydrogen-bond donors (Lipinski definition) is 1. The van der Waals surface area contributed by atoms with Gasteiger partial charge in [-0.25, -0.2) is 8.42 Å². The van der Waals surface area contributed by atoms with Crippen molar-refractivity contribution >= 4 is 50.6 Å². The first kappa shape index (κ1) is 23.3. The quantitative estimate of drug-likeness (QED) is 0.686. The van der Waals surface area contributed by atoms with Gasteiger partial charge >= 0.3 is 0 Å². The summed E-state index contributed by atoms with van der Waals surface area (Å²) in [5, 5.41) is 4.40. The van der Waals surface area contributed by atoms with Crippen LogP contribution in [-0.4, -0.2) is 67.1 Å². The van der Waals surface area contributed by atoms with Crippen LogP contribution in [0.1, 0.15) is 45.7 Å². The normalized spacial score (nSPS) is 18.2. The van der Waals surface area contributed by atoms with E-state index in [2.05, 4.69) is 5.32 Å². The molecule has 1 aromatic carbocycles. The fourth-order valence-corrected chi connectivity index (χ4v) is 7.80. The Hall–Kier alpha value is -1.88. The molecule has 2 saturated heterocycles. The number of nitrogens with one attached hydrogen (secondary N) is 1. The van der Waals surface area contributed by atoms with Gasteiger partial charge in [0, 0.05) is 48.9 Å². The highest BCUT2D eigenvalue weighted by Gasteiger charge is 2.31. The second-order valence-corrected chi connectivity index (χ2v) is 11.9. The topological polar surface area (TPSA) is 86.8 Å². The molecule has 2 aromatic rings. The minimum absolute atomic E-state index is 0.0103. The third-order valence-electron chi connectivity index (χ3n) is 5.71. The van der Waals surface area contributed by atoms with Crippen LogP contribution in [0, 0.1) is 0 Å². The van der Waals surface area contributed by atoms with Crippen LogP contribution in [0.25, 0.3) is 0 Å². The molecule has 0 aliphatic carbocycles. The predicted octanol–water partition coefficient (Wildman–Crippen LogP) is 3.75. The van der Waals surface area contributed by atoms with Crippen LogP contribution < -0.4 is 5.32 Å². The number of amides is 2. The molecule has 2 fully saturated rings. The molecule has 172 valence electrons. The Bertz CT molecular complexity index is 1050. The van der Waals surface area contributed by atoms with Gasteiger partial charge in [-0.15, -0.1) is 11.3 Å². The first-order valence-corrected chi connectivity index (χ1v) is 14.3. The third-order valence-corrected chi connectivity index (χ3v) is 9.63. The monoisotopic (exact) mass is 493 g/mol. The molecule has 0 unspecified atom stereocenters. The number of thiophene rings is 1. The number of rotatable bonds is 5. The molecular formula is C22H27N3O4S3. The second kappa shape index (κ2) is 10.4. The zero-order valence-corrected chi connectivity index (χ0v) is 20.2. The molecular weight excluding hydrogens is 466 g/mol. The van der Waals surface area contributed by atoms with Crippen molar-refractivity contribution in [3.05, 3.63) is 46.2 Å². The Morgan fingerprint density at radius 2 is 1.53 bits per heavy atom. The van der Waals surface area contributed by atoms with Crippen LogP contribution in [0.5, 0.6) is 0 Å². The highest BCUT2D eigenvalue weighted by molar-refractivity contribution is 7.99. The summed E-state index contributed by atoms with van der Waals surface area (Å²) >= 11 is 2.84. The van der Waals surface area contributed by atoms with E-state index in [4.69, 9.17) is 0 Å². The van der Waals surface area contributed by atoms with Gasteiger partial charge in [-0.3, -0.25) is 9.59 Å². The lowest BCUT2D eigenvalue weighted by Crippen LogP contribution is -2.38. The van der Waals surface area contributed by atoms with Gasteiger partial charge in [-0.2, -0.15) is 16.1 Å². The van der Waals surface area contributed by atoms with Crippen LogP contribution >= 0.6 is 23.1 Å². The van der Waals surface area contributed by atoms with Crippen LogP contribution in [0.15, 0.2) is 40.6 Å². The SMILES string of the molecule is O=C(Nc1ccc(C(=O)N2CCCCCC2)cc1)c1sccc1S(=O)(=O)N1CCSCC1. The number of likely N-dealkylation sites (tertiary alicyclic amines) is 1. The molecule has 1 N–H and O–H groups in total. The number of carbonyl (C=O) groups excluding carboxylic acids is 2. The molecule has 4 rings (SSSR count). The molecule has 10 heteroatoms. The Balaban J connectivity index is 1.45. The average molecular weight is 494 g/mol. The molecule has 1 aromatic heterocycles. The summed E-state index contributed by atoms with van der Waals surface area (Å²) < 4.78 is 27.5. The maximum absolute atomic E-state index is 13.0. The van der Waals surface area contributed by atoms with E-state index in [1.54, 1.807) is 41.4 Å². The molecule has 2 amide bonds. The molecule has 0 spiro atoms. The Labute approximate surface area is 197 Å². The summed E-state index contributed by atoms with van der Waals surface area (Å²) in [7, 11) is -3.70. The van der Waals surface area contributed by atoms with Crippen LogP contribution in [-0.2, 0) is 10.0 Å². The number of hydrogen-bond acceptors (Lipinski definition) is 6. The van der Waals surface area contributed by atoms with E-state index < -0.39 is 15.9 Å². The first-order chi connectivity index (χ1) is 15.5. The first-order valence-electron chi connectivity index (χ1n) is 10.8. The van der Waals surface area contributed by atoms with Crippen molar-refractivity contribution in [2.75, 3.05) is 43.0 Å². The van der Waals surface area contributed by atoms with Crippen molar-refractivity contribution in [3.8, 4) is 0 Å². The molecule has 2 aliphatic rings. The van der Waals surface area contributed by atoms with Gasteiger partial charge in [0.15, 0.2) is 0 Å². The lowest BCUT2D eigenvalue weighted by atomic mass is 10.1. The van der Waals surface area contributed by atoms with Gasteiger partial charge in [0.1, 0.15) is 9.77 Å². The van der Waals surface area contributed by atoms with Gasteiger partial charge in [0.2, 0.25) is 10.0 Å². The lowest BCUT2D eigenvalue weighted by Gasteiger charge is -2.25. The fraction of sp³-hybridized carbons (Fsp3) is 0.455. The smallest absolute Gasteiger partial charge is 0.267 e. The molecule has 0 radical (unpaired) electrons. The molecule has 0 bridgehead atoms. The Morgan fingerprint density at radius 3 is 2.19 bits per heavy atom. The minimum Gasteiger partial charge on any atom is -0.339 e. The summed E-state index contributed by atoms with van der Waals surface area (Å²) in [4.78, 5) is 27.7. The maximum atomic E-state index is 13.0. The molecule has 7 nitrogen and oxygen atoms in total. The van der Waals surface area contributed by atoms with Crippen molar-refractivity contribution in [2.24, 2.45) is 0 Å². The Morgan fingerprint density at radius 1 is 0.875 bits per heavy atom. The van der Waals surface area contributed by atoms with Crippen molar-refractivity contribution in [1.82, 2.24) is 9.21 Å². The van der Waals surface area contributed by atoms with E-state index in [1.165, 1.54) is 10.4 Å². The van der Waals surface area contributed by atoms with Gasteiger partial charge in [-0.05, 0) is 48.6 Å². The number of sulfonamides is 1. The number of anilines is 1. The summed E-state index contributed by atoms with van der Waals surface area (Å²) in [6.45, 7) is 2.47. The molecule has 3 heterocycles. The second-order valence-electron chi connectivity index (χ2n) is 7.87. The van der Waals surface area contributed by atoms with Crippen molar-refractivity contribution < 1.29 is 18.0 Å². The van der Waals surface area contributed by atoms with Gasteiger partial charge in [0.05, 0.1) is 0 Å². The van der Waals surface area contributed by atoms with E-state index in [-0.39, 0.29) is 15.7 Å². The van der Waals surface area contributed by atoms with E-state index >= 15 is 0 Å².